The fraction of sp³-hybridized carbons (Fsp3) is 0.400. The summed E-state index contributed by atoms with van der Waals surface area (Å²) in [5.74, 6) is 0. The average Bonchev–Trinajstić information content (AvgIpc) is 2.13. The van der Waals surface area contributed by atoms with Gasteiger partial charge in [-0.3, -0.25) is 0 Å². The molecule has 0 amide bonds. The van der Waals surface area contributed by atoms with Crippen LogP contribution in [0.4, 0.5) is 5.69 Å². The van der Waals surface area contributed by atoms with Gasteiger partial charge in [-0.15, -0.1) is 11.8 Å². The quantitative estimate of drug-likeness (QED) is 0.613. The van der Waals surface area contributed by atoms with Gasteiger partial charge >= 0.3 is 0 Å². The van der Waals surface area contributed by atoms with E-state index >= 15 is 0 Å². The van der Waals surface area contributed by atoms with Crippen LogP contribution < -0.4 is 5.73 Å². The molecule has 1 aromatic rings. The van der Waals surface area contributed by atoms with Gasteiger partial charge in [0, 0.05) is 10.1 Å². The van der Waals surface area contributed by atoms with E-state index in [2.05, 4.69) is 13.8 Å². The summed E-state index contributed by atoms with van der Waals surface area (Å²) in [4.78, 5) is 1.09. The molecule has 0 aliphatic carbocycles. The first-order valence-corrected chi connectivity index (χ1v) is 5.61. The van der Waals surface area contributed by atoms with Crippen LogP contribution >= 0.6 is 23.4 Å². The van der Waals surface area contributed by atoms with Crippen molar-refractivity contribution in [3.63, 3.8) is 0 Å². The number of nitrogen functional groups attached to an aromatic ring is 1. The summed E-state index contributed by atoms with van der Waals surface area (Å²) in [6.45, 7) is 4.35. The maximum Gasteiger partial charge on any atom is 0.0646 e. The molecule has 0 aromatic heterocycles. The van der Waals surface area contributed by atoms with E-state index in [1.807, 2.05) is 18.2 Å². The van der Waals surface area contributed by atoms with E-state index in [-0.39, 0.29) is 0 Å². The predicted octanol–water partition coefficient (Wildman–Crippen LogP) is 3.81. The minimum Gasteiger partial charge on any atom is -0.397 e. The molecule has 1 nitrogen and oxygen atoms in total. The van der Waals surface area contributed by atoms with Crippen LogP contribution in [-0.2, 0) is 0 Å². The van der Waals surface area contributed by atoms with Crippen molar-refractivity contribution in [3.05, 3.63) is 23.2 Å². The van der Waals surface area contributed by atoms with Crippen molar-refractivity contribution in [1.29, 1.82) is 0 Å². The minimum atomic E-state index is 0.584. The Bertz CT molecular complexity index is 288. The number of rotatable bonds is 3. The Hall–Kier alpha value is -0.340. The van der Waals surface area contributed by atoms with Gasteiger partial charge in [0.15, 0.2) is 0 Å². The predicted molar refractivity (Wildman–Crippen MR) is 61.5 cm³/mol. The molecule has 72 valence electrons. The van der Waals surface area contributed by atoms with Gasteiger partial charge in [0.25, 0.3) is 0 Å². The van der Waals surface area contributed by atoms with Gasteiger partial charge in [-0.05, 0) is 18.6 Å². The number of para-hydroxylation sites is 1. The van der Waals surface area contributed by atoms with Gasteiger partial charge in [-0.25, -0.2) is 0 Å². The Morgan fingerprint density at radius 1 is 1.54 bits per heavy atom. The standard InChI is InChI=1S/C10H14ClNS/c1-3-7(2)13-9-6-4-5-8(11)10(9)12/h4-7H,3,12H2,1-2H3. The van der Waals surface area contributed by atoms with Gasteiger partial charge in [0.2, 0.25) is 0 Å². The van der Waals surface area contributed by atoms with Gasteiger partial charge in [0.05, 0.1) is 10.7 Å². The van der Waals surface area contributed by atoms with Crippen molar-refractivity contribution in [2.24, 2.45) is 0 Å². The molecule has 0 heterocycles. The van der Waals surface area contributed by atoms with E-state index in [0.29, 0.717) is 16.0 Å². The van der Waals surface area contributed by atoms with Crippen LogP contribution in [0.15, 0.2) is 23.1 Å². The number of benzene rings is 1. The lowest BCUT2D eigenvalue weighted by molar-refractivity contribution is 0.906. The second-order valence-corrected chi connectivity index (χ2v) is 4.88. The fourth-order valence-corrected chi connectivity index (χ4v) is 2.14. The van der Waals surface area contributed by atoms with Crippen LogP contribution in [0.3, 0.4) is 0 Å². The third kappa shape index (κ3) is 2.82. The highest BCUT2D eigenvalue weighted by Gasteiger charge is 2.06. The first-order chi connectivity index (χ1) is 6.15. The SMILES string of the molecule is CCC(C)Sc1cccc(Cl)c1N. The third-order valence-electron chi connectivity index (χ3n) is 1.92. The van der Waals surface area contributed by atoms with E-state index < -0.39 is 0 Å². The number of anilines is 1. The lowest BCUT2D eigenvalue weighted by Gasteiger charge is -2.10. The molecule has 3 heteroatoms. The van der Waals surface area contributed by atoms with Gasteiger partial charge < -0.3 is 5.73 Å². The van der Waals surface area contributed by atoms with Crippen LogP contribution in [0.2, 0.25) is 5.02 Å². The molecule has 1 aromatic carbocycles. The third-order valence-corrected chi connectivity index (χ3v) is 3.59. The number of hydrogen-bond donors (Lipinski definition) is 1. The van der Waals surface area contributed by atoms with Crippen LogP contribution in [0.5, 0.6) is 0 Å². The zero-order chi connectivity index (χ0) is 9.84. The van der Waals surface area contributed by atoms with Gasteiger partial charge in [-0.1, -0.05) is 31.5 Å². The summed E-state index contributed by atoms with van der Waals surface area (Å²) >= 11 is 7.68. The second-order valence-electron chi connectivity index (χ2n) is 2.99. The normalized spacial score (nSPS) is 12.8. The summed E-state index contributed by atoms with van der Waals surface area (Å²) in [6.07, 6.45) is 1.14. The van der Waals surface area contributed by atoms with Crippen molar-refractivity contribution < 1.29 is 0 Å². The Balaban J connectivity index is 2.83. The lowest BCUT2D eigenvalue weighted by Crippen LogP contribution is -1.95. The van der Waals surface area contributed by atoms with E-state index in [1.165, 1.54) is 0 Å². The molecule has 2 N–H and O–H groups in total. The first-order valence-electron chi connectivity index (χ1n) is 4.35. The zero-order valence-electron chi connectivity index (χ0n) is 7.88. The molecule has 0 saturated heterocycles. The number of nitrogens with two attached hydrogens (primary N) is 1. The topological polar surface area (TPSA) is 26.0 Å². The summed E-state index contributed by atoms with van der Waals surface area (Å²) < 4.78 is 0. The largest absolute Gasteiger partial charge is 0.397 e. The van der Waals surface area contributed by atoms with Crippen molar-refractivity contribution in [2.45, 2.75) is 30.4 Å². The summed E-state index contributed by atoms with van der Waals surface area (Å²) in [6, 6.07) is 5.76. The molecule has 0 radical (unpaired) electrons. The molecule has 1 rings (SSSR count). The van der Waals surface area contributed by atoms with Gasteiger partial charge in [-0.2, -0.15) is 0 Å². The smallest absolute Gasteiger partial charge is 0.0646 e. The number of halogens is 1. The highest BCUT2D eigenvalue weighted by molar-refractivity contribution is 8.00. The zero-order valence-corrected chi connectivity index (χ0v) is 9.45. The molecule has 0 aliphatic heterocycles. The number of thioether (sulfide) groups is 1. The monoisotopic (exact) mass is 215 g/mol. The lowest BCUT2D eigenvalue weighted by atomic mass is 10.3. The molecule has 1 atom stereocenters. The van der Waals surface area contributed by atoms with E-state index in [9.17, 15) is 0 Å². The maximum atomic E-state index is 5.90. The Morgan fingerprint density at radius 2 is 2.23 bits per heavy atom. The summed E-state index contributed by atoms with van der Waals surface area (Å²) in [5, 5.41) is 1.23. The molecule has 0 fully saturated rings. The van der Waals surface area contributed by atoms with E-state index in [4.69, 9.17) is 17.3 Å². The Labute approximate surface area is 88.7 Å². The van der Waals surface area contributed by atoms with E-state index in [0.717, 1.165) is 11.3 Å². The van der Waals surface area contributed by atoms with Crippen LogP contribution in [0.25, 0.3) is 0 Å². The Morgan fingerprint density at radius 3 is 2.85 bits per heavy atom. The molecule has 0 bridgehead atoms. The van der Waals surface area contributed by atoms with Crippen molar-refractivity contribution >= 4 is 29.1 Å². The first kappa shape index (κ1) is 10.7. The molecular formula is C10H14ClNS. The molecule has 13 heavy (non-hydrogen) atoms. The molecular weight excluding hydrogens is 202 g/mol. The Kier molecular flexibility index (Phi) is 3.94. The van der Waals surface area contributed by atoms with Crippen molar-refractivity contribution in [1.82, 2.24) is 0 Å². The molecule has 0 spiro atoms. The van der Waals surface area contributed by atoms with Crippen LogP contribution in [-0.4, -0.2) is 5.25 Å². The molecule has 0 aliphatic rings. The van der Waals surface area contributed by atoms with Crippen molar-refractivity contribution in [2.75, 3.05) is 5.73 Å². The van der Waals surface area contributed by atoms with Crippen LogP contribution in [0, 0.1) is 0 Å². The minimum absolute atomic E-state index is 0.584. The van der Waals surface area contributed by atoms with Gasteiger partial charge in [0.1, 0.15) is 0 Å². The maximum absolute atomic E-state index is 5.90. The molecule has 0 saturated carbocycles. The molecule has 1 unspecified atom stereocenters. The highest BCUT2D eigenvalue weighted by Crippen LogP contribution is 2.33. The van der Waals surface area contributed by atoms with Crippen molar-refractivity contribution in [3.8, 4) is 0 Å². The van der Waals surface area contributed by atoms with Crippen LogP contribution in [0.1, 0.15) is 20.3 Å². The van der Waals surface area contributed by atoms with E-state index in [1.54, 1.807) is 11.8 Å². The second kappa shape index (κ2) is 4.77. The average molecular weight is 216 g/mol. The highest BCUT2D eigenvalue weighted by atomic mass is 35.5. The number of hydrogen-bond acceptors (Lipinski definition) is 2. The summed E-state index contributed by atoms with van der Waals surface area (Å²) in [5.41, 5.74) is 6.54. The summed E-state index contributed by atoms with van der Waals surface area (Å²) in [7, 11) is 0. The fourth-order valence-electron chi connectivity index (χ4n) is 0.920.